The number of ketones is 1. The van der Waals surface area contributed by atoms with Gasteiger partial charge in [-0.05, 0) is 18.3 Å². The number of halogens is 2. The van der Waals surface area contributed by atoms with Crippen LogP contribution in [0, 0.1) is 10.8 Å². The zero-order valence-corrected chi connectivity index (χ0v) is 11.4. The van der Waals surface area contributed by atoms with Crippen molar-refractivity contribution in [1.29, 1.82) is 0 Å². The second-order valence-electron chi connectivity index (χ2n) is 5.34. The Morgan fingerprint density at radius 1 is 1.36 bits per heavy atom. The first-order valence-corrected chi connectivity index (χ1v) is 6.45. The van der Waals surface area contributed by atoms with Crippen molar-refractivity contribution in [3.05, 3.63) is 0 Å². The van der Waals surface area contributed by atoms with Gasteiger partial charge in [0, 0.05) is 6.42 Å². The van der Waals surface area contributed by atoms with Crippen LogP contribution in [0.25, 0.3) is 0 Å². The van der Waals surface area contributed by atoms with E-state index in [1.54, 1.807) is 0 Å². The summed E-state index contributed by atoms with van der Waals surface area (Å²) in [5.74, 6) is 0.303. The van der Waals surface area contributed by atoms with Crippen LogP contribution in [0.15, 0.2) is 0 Å². The molecule has 0 saturated heterocycles. The van der Waals surface area contributed by atoms with Crippen molar-refractivity contribution in [2.24, 2.45) is 10.8 Å². The van der Waals surface area contributed by atoms with Gasteiger partial charge in [0.2, 0.25) is 0 Å². The van der Waals surface area contributed by atoms with Crippen LogP contribution in [0.5, 0.6) is 0 Å². The summed E-state index contributed by atoms with van der Waals surface area (Å²) in [4.78, 5) is 12.1. The number of Topliss-reactive ketones (excluding diaryl/α,β-unsaturated/α-hetero) is 1. The largest absolute Gasteiger partial charge is 0.299 e. The normalized spacial score (nSPS) is 35.1. The summed E-state index contributed by atoms with van der Waals surface area (Å²) >= 11 is 9.40. The van der Waals surface area contributed by atoms with E-state index in [9.17, 15) is 4.79 Å². The molecule has 0 aromatic heterocycles. The minimum Gasteiger partial charge on any atom is -0.299 e. The van der Waals surface area contributed by atoms with Gasteiger partial charge >= 0.3 is 0 Å². The van der Waals surface area contributed by atoms with Crippen molar-refractivity contribution in [3.63, 3.8) is 0 Å². The summed E-state index contributed by atoms with van der Waals surface area (Å²) in [5.41, 5.74) is -0.233. The lowest BCUT2D eigenvalue weighted by atomic mass is 9.80. The molecule has 0 heterocycles. The first-order valence-electron chi connectivity index (χ1n) is 5.09. The number of alkyl halides is 2. The number of carbonyl (C=O) groups is 1. The van der Waals surface area contributed by atoms with Crippen molar-refractivity contribution in [2.45, 2.75) is 50.7 Å². The molecule has 0 amide bonds. The number of hydrogen-bond donors (Lipinski definition) is 0. The zero-order valence-electron chi connectivity index (χ0n) is 9.07. The van der Waals surface area contributed by atoms with E-state index in [1.807, 2.05) is 6.92 Å². The quantitative estimate of drug-likeness (QED) is 0.522. The topological polar surface area (TPSA) is 17.1 Å². The Kier molecular flexibility index (Phi) is 3.69. The molecule has 0 bridgehead atoms. The maximum Gasteiger partial charge on any atom is 0.141 e. The fourth-order valence-electron chi connectivity index (χ4n) is 2.03. The summed E-state index contributed by atoms with van der Waals surface area (Å²) in [6, 6.07) is 0. The fraction of sp³-hybridized carbons (Fsp3) is 0.909. The fourth-order valence-corrected chi connectivity index (χ4v) is 2.74. The monoisotopic (exact) mass is 280 g/mol. The number of rotatable bonds is 1. The molecule has 1 rings (SSSR count). The Morgan fingerprint density at radius 2 is 1.93 bits per heavy atom. The Bertz CT molecular complexity index is 237. The van der Waals surface area contributed by atoms with Gasteiger partial charge in [0.25, 0.3) is 0 Å². The van der Waals surface area contributed by atoms with Crippen LogP contribution in [0.2, 0.25) is 0 Å². The lowest BCUT2D eigenvalue weighted by Crippen LogP contribution is -2.34. The molecule has 0 spiro atoms. The third-order valence-electron chi connectivity index (χ3n) is 3.31. The van der Waals surface area contributed by atoms with Gasteiger partial charge in [-0.15, -0.1) is 11.6 Å². The van der Waals surface area contributed by atoms with E-state index in [4.69, 9.17) is 11.6 Å². The molecule has 1 aliphatic carbocycles. The Morgan fingerprint density at radius 3 is 2.43 bits per heavy atom. The average molecular weight is 282 g/mol. The summed E-state index contributed by atoms with van der Waals surface area (Å²) < 4.78 is -0.239. The minimum absolute atomic E-state index is 0.146. The summed E-state index contributed by atoms with van der Waals surface area (Å²) in [5, 5.41) is 0. The van der Waals surface area contributed by atoms with Gasteiger partial charge in [0.05, 0.1) is 5.41 Å². The maximum atomic E-state index is 12.1. The van der Waals surface area contributed by atoms with E-state index >= 15 is 0 Å². The zero-order chi connectivity index (χ0) is 11.0. The van der Waals surface area contributed by atoms with Crippen LogP contribution in [0.1, 0.15) is 46.5 Å². The van der Waals surface area contributed by atoms with Crippen LogP contribution in [-0.2, 0) is 4.79 Å². The van der Waals surface area contributed by atoms with E-state index in [-0.39, 0.29) is 15.1 Å². The van der Waals surface area contributed by atoms with Gasteiger partial charge in [-0.2, -0.15) is 0 Å². The van der Waals surface area contributed by atoms with E-state index in [1.165, 1.54) is 0 Å². The van der Waals surface area contributed by atoms with Gasteiger partial charge in [0.15, 0.2) is 0 Å². The average Bonchev–Trinajstić information content (AvgIpc) is 2.10. The first kappa shape index (κ1) is 12.5. The lowest BCUT2D eigenvalue weighted by Gasteiger charge is -2.28. The molecular weight excluding hydrogens is 263 g/mol. The Balaban J connectivity index is 2.87. The highest BCUT2D eigenvalue weighted by Gasteiger charge is 2.43. The maximum absolute atomic E-state index is 12.1. The molecule has 1 aliphatic rings. The molecule has 2 atom stereocenters. The van der Waals surface area contributed by atoms with Crippen molar-refractivity contribution in [1.82, 2.24) is 0 Å². The summed E-state index contributed by atoms with van der Waals surface area (Å²) in [7, 11) is 0. The number of carbonyl (C=O) groups excluding carboxylic acids is 1. The molecule has 82 valence electrons. The van der Waals surface area contributed by atoms with Crippen molar-refractivity contribution in [2.75, 3.05) is 0 Å². The Hall–Kier alpha value is 0.440. The molecule has 0 aromatic carbocycles. The molecule has 3 heteroatoms. The van der Waals surface area contributed by atoms with E-state index < -0.39 is 0 Å². The molecule has 14 heavy (non-hydrogen) atoms. The highest BCUT2D eigenvalue weighted by atomic mass is 79.9. The predicted octanol–water partition coefficient (Wildman–Crippen LogP) is 4.12. The van der Waals surface area contributed by atoms with Gasteiger partial charge in [0.1, 0.15) is 10.1 Å². The summed E-state index contributed by atoms with van der Waals surface area (Å²) in [6.07, 6.45) is 3.75. The lowest BCUT2D eigenvalue weighted by molar-refractivity contribution is -0.128. The van der Waals surface area contributed by atoms with Crippen LogP contribution >= 0.6 is 27.5 Å². The molecule has 0 aromatic rings. The molecule has 0 unspecified atom stereocenters. The number of hydrogen-bond acceptors (Lipinski definition) is 1. The van der Waals surface area contributed by atoms with Gasteiger partial charge < -0.3 is 0 Å². The van der Waals surface area contributed by atoms with Gasteiger partial charge in [-0.3, -0.25) is 4.79 Å². The second-order valence-corrected chi connectivity index (χ2v) is 7.22. The molecular formula is C11H18BrClO. The molecule has 1 nitrogen and oxygen atoms in total. The Labute approximate surface area is 99.7 Å². The van der Waals surface area contributed by atoms with Crippen LogP contribution in [0.4, 0.5) is 0 Å². The van der Waals surface area contributed by atoms with E-state index in [0.717, 1.165) is 19.3 Å². The molecule has 1 saturated carbocycles. The molecule has 0 radical (unpaired) electrons. The first-order chi connectivity index (χ1) is 6.28. The minimum atomic E-state index is -0.380. The third-order valence-corrected chi connectivity index (χ3v) is 4.80. The molecule has 0 N–H and O–H groups in total. The predicted molar refractivity (Wildman–Crippen MR) is 63.9 cm³/mol. The van der Waals surface area contributed by atoms with Crippen LogP contribution in [0.3, 0.4) is 0 Å². The van der Waals surface area contributed by atoms with Gasteiger partial charge in [-0.25, -0.2) is 0 Å². The van der Waals surface area contributed by atoms with Crippen LogP contribution in [-0.4, -0.2) is 10.1 Å². The smallest absolute Gasteiger partial charge is 0.141 e. The van der Waals surface area contributed by atoms with Crippen molar-refractivity contribution < 1.29 is 4.79 Å². The molecule has 1 fully saturated rings. The van der Waals surface area contributed by atoms with Gasteiger partial charge in [-0.1, -0.05) is 43.1 Å². The van der Waals surface area contributed by atoms with Crippen LogP contribution < -0.4 is 0 Å². The highest BCUT2D eigenvalue weighted by molar-refractivity contribution is 9.10. The standard InChI is InChI=1S/C11H18BrClO/c1-10(2)5-4-6-11(3,9(12)13)8(14)7-10/h9H,4-7H2,1-3H3/t9-,11+/m1/s1. The van der Waals surface area contributed by atoms with Crippen molar-refractivity contribution in [3.8, 4) is 0 Å². The molecule has 0 aliphatic heterocycles. The highest BCUT2D eigenvalue weighted by Crippen LogP contribution is 2.44. The SMILES string of the molecule is CC1(C)CCC[C@](C)([C@@H](Cl)Br)C(=O)C1. The van der Waals surface area contributed by atoms with E-state index in [2.05, 4.69) is 29.8 Å². The van der Waals surface area contributed by atoms with E-state index in [0.29, 0.717) is 12.2 Å². The van der Waals surface area contributed by atoms with Crippen molar-refractivity contribution >= 4 is 33.3 Å². The third kappa shape index (κ3) is 2.52. The summed E-state index contributed by atoms with van der Waals surface area (Å²) in [6.45, 7) is 6.30. The second kappa shape index (κ2) is 4.13.